The average molecular weight is 366 g/mol. The van der Waals surface area contributed by atoms with Gasteiger partial charge in [-0.05, 0) is 24.3 Å². The summed E-state index contributed by atoms with van der Waals surface area (Å²) in [6.45, 7) is 0. The molecule has 0 spiro atoms. The van der Waals surface area contributed by atoms with Crippen molar-refractivity contribution in [1.82, 2.24) is 10.3 Å². The van der Waals surface area contributed by atoms with Crippen LogP contribution >= 0.6 is 11.3 Å². The van der Waals surface area contributed by atoms with Gasteiger partial charge >= 0.3 is 5.96 Å². The number of fused-ring (bicyclic) bond motifs is 1. The molecule has 4 rings (SSSR count). The number of aromatic nitrogens is 1. The summed E-state index contributed by atoms with van der Waals surface area (Å²) < 4.78 is 1.04. The summed E-state index contributed by atoms with van der Waals surface area (Å²) in [7, 11) is 0. The van der Waals surface area contributed by atoms with Gasteiger partial charge in [0.05, 0.1) is 16.6 Å². The average Bonchev–Trinajstić information content (AvgIpc) is 3.04. The number of nitrogens with zero attached hydrogens (tertiary/aromatic N) is 1. The molecule has 2 amide bonds. The Bertz CT molecular complexity index is 966. The standard InChI is InChI=1S/C18H15N5O2S/c24-15-10-13(16(25)19-11-6-2-1-3-7-11)20-17(22-15)23-18-21-12-8-4-5-9-14(12)26-18/h1-9,13H,10H2,(H,19,25)(H2,20,21,22,23,24)/p+1/t13-/m0/s1. The van der Waals surface area contributed by atoms with Crippen LogP contribution in [0.25, 0.3) is 10.2 Å². The summed E-state index contributed by atoms with van der Waals surface area (Å²) in [5, 5.41) is 9.19. The molecule has 2 aromatic carbocycles. The molecule has 3 aromatic rings. The Labute approximate surface area is 153 Å². The summed E-state index contributed by atoms with van der Waals surface area (Å²) >= 11 is 1.47. The maximum absolute atomic E-state index is 12.4. The SMILES string of the molecule is O=C1C[C@@H](C(=O)Nc2ccccc2)[NH+]=C(Nc2nc3ccccc3s2)N1. The largest absolute Gasteiger partial charge is 0.358 e. The van der Waals surface area contributed by atoms with Gasteiger partial charge in [-0.1, -0.05) is 41.7 Å². The Morgan fingerprint density at radius 3 is 2.73 bits per heavy atom. The normalized spacial score (nSPS) is 16.7. The third kappa shape index (κ3) is 3.55. The van der Waals surface area contributed by atoms with Gasteiger partial charge in [0.25, 0.3) is 16.9 Å². The van der Waals surface area contributed by atoms with Crippen molar-refractivity contribution >= 4 is 50.1 Å². The molecule has 0 bridgehead atoms. The first kappa shape index (κ1) is 16.2. The summed E-state index contributed by atoms with van der Waals surface area (Å²) in [5.74, 6) is -0.149. The Morgan fingerprint density at radius 1 is 1.15 bits per heavy atom. The van der Waals surface area contributed by atoms with Crippen LogP contribution in [0.4, 0.5) is 10.8 Å². The first-order valence-corrected chi connectivity index (χ1v) is 8.91. The molecule has 0 saturated heterocycles. The molecule has 2 heterocycles. The van der Waals surface area contributed by atoms with E-state index in [1.165, 1.54) is 11.3 Å². The molecule has 0 aliphatic carbocycles. The van der Waals surface area contributed by atoms with Gasteiger partial charge in [0, 0.05) is 5.69 Å². The summed E-state index contributed by atoms with van der Waals surface area (Å²) in [6.07, 6.45) is 0.0592. The third-order valence-electron chi connectivity index (χ3n) is 3.86. The van der Waals surface area contributed by atoms with Crippen molar-refractivity contribution in [3.05, 3.63) is 54.6 Å². The second kappa shape index (κ2) is 6.93. The van der Waals surface area contributed by atoms with Crippen molar-refractivity contribution in [2.24, 2.45) is 0 Å². The number of thiazole rings is 1. The Hall–Kier alpha value is -3.26. The van der Waals surface area contributed by atoms with Gasteiger partial charge in [0.2, 0.25) is 0 Å². The Kier molecular flexibility index (Phi) is 4.32. The van der Waals surface area contributed by atoms with Crippen LogP contribution in [-0.4, -0.2) is 28.8 Å². The smallest absolute Gasteiger partial charge is 0.323 e. The van der Waals surface area contributed by atoms with E-state index in [1.807, 2.05) is 42.5 Å². The van der Waals surface area contributed by atoms with Crippen molar-refractivity contribution < 1.29 is 14.6 Å². The molecular formula is C18H16N5O2S+. The highest BCUT2D eigenvalue weighted by atomic mass is 32.1. The highest BCUT2D eigenvalue weighted by Crippen LogP contribution is 2.25. The maximum Gasteiger partial charge on any atom is 0.358 e. The fourth-order valence-corrected chi connectivity index (χ4v) is 3.52. The second-order valence-electron chi connectivity index (χ2n) is 5.79. The van der Waals surface area contributed by atoms with Crippen LogP contribution in [0.3, 0.4) is 0 Å². The number of carbonyl (C=O) groups is 2. The van der Waals surface area contributed by atoms with Crippen LogP contribution in [-0.2, 0) is 9.59 Å². The van der Waals surface area contributed by atoms with Crippen LogP contribution in [0.15, 0.2) is 54.6 Å². The molecular weight excluding hydrogens is 350 g/mol. The van der Waals surface area contributed by atoms with E-state index in [-0.39, 0.29) is 18.2 Å². The number of nitrogens with one attached hydrogen (secondary N) is 4. The Balaban J connectivity index is 1.51. The zero-order valence-electron chi connectivity index (χ0n) is 13.7. The van der Waals surface area contributed by atoms with Crippen LogP contribution in [0.1, 0.15) is 6.42 Å². The van der Waals surface area contributed by atoms with Gasteiger partial charge in [-0.3, -0.25) is 14.6 Å². The number of carbonyl (C=O) groups excluding carboxylic acids is 2. The van der Waals surface area contributed by atoms with E-state index in [4.69, 9.17) is 0 Å². The number of hydrogen-bond donors (Lipinski definition) is 4. The van der Waals surface area contributed by atoms with E-state index in [1.54, 1.807) is 12.1 Å². The minimum Gasteiger partial charge on any atom is -0.323 e. The molecule has 130 valence electrons. The van der Waals surface area contributed by atoms with E-state index >= 15 is 0 Å². The van der Waals surface area contributed by atoms with E-state index in [9.17, 15) is 9.59 Å². The van der Waals surface area contributed by atoms with Crippen molar-refractivity contribution in [2.75, 3.05) is 10.6 Å². The minimum absolute atomic E-state index is 0.0592. The molecule has 1 aromatic heterocycles. The lowest BCUT2D eigenvalue weighted by molar-refractivity contribution is -0.490. The first-order valence-electron chi connectivity index (χ1n) is 8.09. The number of benzene rings is 2. The maximum atomic E-state index is 12.4. The molecule has 4 N–H and O–H groups in total. The lowest BCUT2D eigenvalue weighted by atomic mass is 10.1. The van der Waals surface area contributed by atoms with Gasteiger partial charge in [-0.15, -0.1) is 0 Å². The number of rotatable bonds is 3. The second-order valence-corrected chi connectivity index (χ2v) is 6.82. The quantitative estimate of drug-likeness (QED) is 0.548. The zero-order chi connectivity index (χ0) is 17.9. The number of amides is 2. The fourth-order valence-electron chi connectivity index (χ4n) is 2.65. The minimum atomic E-state index is -0.666. The van der Waals surface area contributed by atoms with Crippen molar-refractivity contribution in [1.29, 1.82) is 0 Å². The number of anilines is 2. The van der Waals surface area contributed by atoms with Crippen molar-refractivity contribution in [3.63, 3.8) is 0 Å². The highest BCUT2D eigenvalue weighted by Gasteiger charge is 2.31. The monoisotopic (exact) mass is 366 g/mol. The number of para-hydroxylation sites is 2. The predicted molar refractivity (Wildman–Crippen MR) is 101 cm³/mol. The van der Waals surface area contributed by atoms with Crippen LogP contribution in [0, 0.1) is 0 Å². The molecule has 7 nitrogen and oxygen atoms in total. The molecule has 1 aliphatic heterocycles. The van der Waals surface area contributed by atoms with Crippen LogP contribution < -0.4 is 20.9 Å². The van der Waals surface area contributed by atoms with E-state index in [0.717, 1.165) is 10.2 Å². The highest BCUT2D eigenvalue weighted by molar-refractivity contribution is 7.22. The summed E-state index contributed by atoms with van der Waals surface area (Å²) in [4.78, 5) is 31.9. The fraction of sp³-hybridized carbons (Fsp3) is 0.111. The zero-order valence-corrected chi connectivity index (χ0v) is 14.5. The molecule has 8 heteroatoms. The van der Waals surface area contributed by atoms with Crippen LogP contribution in [0.5, 0.6) is 0 Å². The molecule has 0 radical (unpaired) electrons. The molecule has 1 atom stereocenters. The van der Waals surface area contributed by atoms with Crippen molar-refractivity contribution in [3.8, 4) is 0 Å². The van der Waals surface area contributed by atoms with Crippen LogP contribution in [0.2, 0.25) is 0 Å². The van der Waals surface area contributed by atoms with E-state index < -0.39 is 6.04 Å². The Morgan fingerprint density at radius 2 is 1.92 bits per heavy atom. The summed E-state index contributed by atoms with van der Waals surface area (Å²) in [5.41, 5.74) is 1.56. The van der Waals surface area contributed by atoms with E-state index in [2.05, 4.69) is 25.9 Å². The number of guanidine groups is 1. The summed E-state index contributed by atoms with van der Waals surface area (Å²) in [6, 6.07) is 16.2. The molecule has 0 fully saturated rings. The molecule has 0 unspecified atom stereocenters. The van der Waals surface area contributed by atoms with Crippen molar-refractivity contribution in [2.45, 2.75) is 12.5 Å². The van der Waals surface area contributed by atoms with Gasteiger partial charge in [-0.25, -0.2) is 15.6 Å². The van der Waals surface area contributed by atoms with Gasteiger partial charge in [-0.2, -0.15) is 0 Å². The van der Waals surface area contributed by atoms with Gasteiger partial charge in [0.15, 0.2) is 6.04 Å². The molecule has 26 heavy (non-hydrogen) atoms. The lowest BCUT2D eigenvalue weighted by Crippen LogP contribution is -2.89. The number of hydrogen-bond acceptors (Lipinski definition) is 5. The molecule has 0 saturated carbocycles. The predicted octanol–water partition coefficient (Wildman–Crippen LogP) is 0.672. The van der Waals surface area contributed by atoms with Gasteiger partial charge in [0.1, 0.15) is 0 Å². The molecule has 1 aliphatic rings. The van der Waals surface area contributed by atoms with E-state index in [0.29, 0.717) is 16.8 Å². The lowest BCUT2D eigenvalue weighted by Gasteiger charge is -2.16. The van der Waals surface area contributed by atoms with Gasteiger partial charge < -0.3 is 5.32 Å². The third-order valence-corrected chi connectivity index (χ3v) is 4.81. The first-order chi connectivity index (χ1) is 12.7. The topological polar surface area (TPSA) is 97.1 Å².